The first-order valence-electron chi connectivity index (χ1n) is 7.71. The van der Waals surface area contributed by atoms with Crippen molar-refractivity contribution in [3.05, 3.63) is 60.1 Å². The fourth-order valence-corrected chi connectivity index (χ4v) is 3.10. The van der Waals surface area contributed by atoms with E-state index in [0.29, 0.717) is 6.54 Å². The maximum atomic E-state index is 12.3. The van der Waals surface area contributed by atoms with Crippen LogP contribution in [0.25, 0.3) is 0 Å². The summed E-state index contributed by atoms with van der Waals surface area (Å²) in [6.07, 6.45) is 1.66. The highest BCUT2D eigenvalue weighted by Crippen LogP contribution is 2.20. The van der Waals surface area contributed by atoms with E-state index in [2.05, 4.69) is 17.4 Å². The SMILES string of the molecule is C[C@H](SCc1ccccc1)C(=O)NC[C@H](c1ccco1)N(C)C. The Morgan fingerprint density at radius 1 is 1.22 bits per heavy atom. The molecule has 1 N–H and O–H groups in total. The van der Waals surface area contributed by atoms with E-state index < -0.39 is 0 Å². The minimum absolute atomic E-state index is 0.0419. The first-order valence-corrected chi connectivity index (χ1v) is 8.76. The Balaban J connectivity index is 1.81. The number of hydrogen-bond acceptors (Lipinski definition) is 4. The standard InChI is InChI=1S/C18H24N2O2S/c1-14(23-13-15-8-5-4-6-9-15)18(21)19-12-16(20(2)3)17-10-7-11-22-17/h4-11,14,16H,12-13H2,1-3H3,(H,19,21)/t14-,16+/m0/s1. The van der Waals surface area contributed by atoms with Gasteiger partial charge in [-0.05, 0) is 38.7 Å². The van der Waals surface area contributed by atoms with Crippen molar-refractivity contribution in [1.82, 2.24) is 10.2 Å². The number of rotatable bonds is 8. The van der Waals surface area contributed by atoms with Crippen molar-refractivity contribution in [3.63, 3.8) is 0 Å². The number of nitrogens with one attached hydrogen (secondary N) is 1. The van der Waals surface area contributed by atoms with E-state index in [0.717, 1.165) is 11.5 Å². The van der Waals surface area contributed by atoms with Crippen LogP contribution in [0.4, 0.5) is 0 Å². The molecule has 0 unspecified atom stereocenters. The molecular formula is C18H24N2O2S. The van der Waals surface area contributed by atoms with Crippen molar-refractivity contribution >= 4 is 17.7 Å². The molecule has 0 radical (unpaired) electrons. The first-order chi connectivity index (χ1) is 11.1. The molecule has 0 aliphatic carbocycles. The summed E-state index contributed by atoms with van der Waals surface area (Å²) in [5.41, 5.74) is 1.24. The van der Waals surface area contributed by atoms with Gasteiger partial charge in [0.25, 0.3) is 0 Å². The van der Waals surface area contributed by atoms with Crippen molar-refractivity contribution in [2.75, 3.05) is 20.6 Å². The summed E-state index contributed by atoms with van der Waals surface area (Å²) in [5.74, 6) is 1.76. The van der Waals surface area contributed by atoms with Crippen LogP contribution < -0.4 is 5.32 Å². The molecule has 0 saturated carbocycles. The van der Waals surface area contributed by atoms with Crippen molar-refractivity contribution in [2.24, 2.45) is 0 Å². The number of benzene rings is 1. The van der Waals surface area contributed by atoms with Gasteiger partial charge in [0.1, 0.15) is 5.76 Å². The maximum absolute atomic E-state index is 12.3. The molecule has 0 fully saturated rings. The summed E-state index contributed by atoms with van der Waals surface area (Å²) in [6.45, 7) is 2.48. The molecule has 0 aliphatic heterocycles. The highest BCUT2D eigenvalue weighted by Gasteiger charge is 2.20. The van der Waals surface area contributed by atoms with Gasteiger partial charge in [-0.3, -0.25) is 9.69 Å². The quantitative estimate of drug-likeness (QED) is 0.805. The van der Waals surface area contributed by atoms with Crippen LogP contribution >= 0.6 is 11.8 Å². The van der Waals surface area contributed by atoms with E-state index in [9.17, 15) is 4.79 Å². The smallest absolute Gasteiger partial charge is 0.232 e. The Labute approximate surface area is 142 Å². The monoisotopic (exact) mass is 332 g/mol. The largest absolute Gasteiger partial charge is 0.468 e. The Kier molecular flexibility index (Phi) is 6.74. The summed E-state index contributed by atoms with van der Waals surface area (Å²) < 4.78 is 5.46. The summed E-state index contributed by atoms with van der Waals surface area (Å²) in [5, 5.41) is 2.94. The zero-order valence-electron chi connectivity index (χ0n) is 13.9. The lowest BCUT2D eigenvalue weighted by Crippen LogP contribution is -2.37. The number of hydrogen-bond donors (Lipinski definition) is 1. The maximum Gasteiger partial charge on any atom is 0.232 e. The summed E-state index contributed by atoms with van der Waals surface area (Å²) in [4.78, 5) is 14.3. The van der Waals surface area contributed by atoms with Gasteiger partial charge in [-0.15, -0.1) is 11.8 Å². The van der Waals surface area contributed by atoms with Crippen LogP contribution in [-0.2, 0) is 10.5 Å². The molecule has 0 bridgehead atoms. The molecule has 23 heavy (non-hydrogen) atoms. The number of carbonyl (C=O) groups excluding carboxylic acids is 1. The van der Waals surface area contributed by atoms with Crippen LogP contribution in [0.2, 0.25) is 0 Å². The van der Waals surface area contributed by atoms with E-state index in [1.54, 1.807) is 18.0 Å². The predicted molar refractivity (Wildman–Crippen MR) is 95.3 cm³/mol. The van der Waals surface area contributed by atoms with Crippen molar-refractivity contribution in [1.29, 1.82) is 0 Å². The van der Waals surface area contributed by atoms with Gasteiger partial charge >= 0.3 is 0 Å². The normalized spacial score (nSPS) is 13.7. The number of carbonyl (C=O) groups is 1. The van der Waals surface area contributed by atoms with Gasteiger partial charge in [-0.1, -0.05) is 30.3 Å². The van der Waals surface area contributed by atoms with Gasteiger partial charge in [0.2, 0.25) is 5.91 Å². The van der Waals surface area contributed by atoms with Gasteiger partial charge in [-0.25, -0.2) is 0 Å². The minimum Gasteiger partial charge on any atom is -0.468 e. The average molecular weight is 332 g/mol. The topological polar surface area (TPSA) is 45.5 Å². The molecule has 4 nitrogen and oxygen atoms in total. The number of nitrogens with zero attached hydrogens (tertiary/aromatic N) is 1. The molecule has 1 heterocycles. The minimum atomic E-state index is -0.0883. The fraction of sp³-hybridized carbons (Fsp3) is 0.389. The van der Waals surface area contributed by atoms with E-state index in [-0.39, 0.29) is 17.2 Å². The van der Waals surface area contributed by atoms with E-state index >= 15 is 0 Å². The molecule has 2 aromatic rings. The molecule has 0 aliphatic rings. The Morgan fingerprint density at radius 2 is 1.96 bits per heavy atom. The third-order valence-corrected chi connectivity index (χ3v) is 4.89. The van der Waals surface area contributed by atoms with Gasteiger partial charge < -0.3 is 9.73 Å². The van der Waals surface area contributed by atoms with Crippen LogP contribution in [0.5, 0.6) is 0 Å². The lowest BCUT2D eigenvalue weighted by atomic mass is 10.2. The third kappa shape index (κ3) is 5.44. The van der Waals surface area contributed by atoms with Crippen LogP contribution in [-0.4, -0.2) is 36.7 Å². The lowest BCUT2D eigenvalue weighted by molar-refractivity contribution is -0.120. The van der Waals surface area contributed by atoms with Gasteiger partial charge in [-0.2, -0.15) is 0 Å². The van der Waals surface area contributed by atoms with E-state index in [4.69, 9.17) is 4.42 Å². The molecule has 0 spiro atoms. The number of furan rings is 1. The zero-order chi connectivity index (χ0) is 16.7. The molecular weight excluding hydrogens is 308 g/mol. The summed E-state index contributed by atoms with van der Waals surface area (Å²) in [6, 6.07) is 14.0. The van der Waals surface area contributed by atoms with Gasteiger partial charge in [0, 0.05) is 12.3 Å². The van der Waals surface area contributed by atoms with Crippen LogP contribution in [0.3, 0.4) is 0 Å². The van der Waals surface area contributed by atoms with Gasteiger partial charge in [0.05, 0.1) is 17.6 Å². The second-order valence-electron chi connectivity index (χ2n) is 5.68. The zero-order valence-corrected chi connectivity index (χ0v) is 14.7. The van der Waals surface area contributed by atoms with E-state index in [1.807, 2.05) is 56.3 Å². The summed E-state index contributed by atoms with van der Waals surface area (Å²) >= 11 is 1.65. The number of likely N-dealkylation sites (N-methyl/N-ethyl adjacent to an activating group) is 1. The molecule has 1 aromatic carbocycles. The molecule has 2 rings (SSSR count). The molecule has 1 amide bonds. The second kappa shape index (κ2) is 8.79. The van der Waals surface area contributed by atoms with Crippen molar-refractivity contribution < 1.29 is 9.21 Å². The first kappa shape index (κ1) is 17.6. The van der Waals surface area contributed by atoms with Crippen LogP contribution in [0, 0.1) is 0 Å². The fourth-order valence-electron chi connectivity index (χ4n) is 2.23. The van der Waals surface area contributed by atoms with E-state index in [1.165, 1.54) is 5.56 Å². The predicted octanol–water partition coefficient (Wildman–Crippen LogP) is 3.32. The Morgan fingerprint density at radius 3 is 2.57 bits per heavy atom. The molecule has 2 atom stereocenters. The Bertz CT molecular complexity index is 584. The van der Waals surface area contributed by atoms with Crippen LogP contribution in [0.1, 0.15) is 24.3 Å². The number of thioether (sulfide) groups is 1. The highest BCUT2D eigenvalue weighted by molar-refractivity contribution is 7.99. The Hall–Kier alpha value is -1.72. The van der Waals surface area contributed by atoms with Gasteiger partial charge in [0.15, 0.2) is 0 Å². The summed E-state index contributed by atoms with van der Waals surface area (Å²) in [7, 11) is 3.96. The van der Waals surface area contributed by atoms with Crippen LogP contribution in [0.15, 0.2) is 53.1 Å². The van der Waals surface area contributed by atoms with Crippen molar-refractivity contribution in [2.45, 2.75) is 24.0 Å². The molecule has 5 heteroatoms. The average Bonchev–Trinajstić information content (AvgIpc) is 3.07. The highest BCUT2D eigenvalue weighted by atomic mass is 32.2. The van der Waals surface area contributed by atoms with Crippen molar-refractivity contribution in [3.8, 4) is 0 Å². The molecule has 0 saturated heterocycles. The second-order valence-corrected chi connectivity index (χ2v) is 7.01. The third-order valence-electron chi connectivity index (χ3n) is 3.68. The number of amides is 1. The molecule has 1 aromatic heterocycles. The lowest BCUT2D eigenvalue weighted by Gasteiger charge is -2.23. The molecule has 124 valence electrons.